The van der Waals surface area contributed by atoms with Crippen LogP contribution >= 0.6 is 0 Å². The van der Waals surface area contributed by atoms with Gasteiger partial charge in [0.05, 0.1) is 0 Å². The van der Waals surface area contributed by atoms with Crippen molar-refractivity contribution >= 4 is 15.4 Å². The van der Waals surface area contributed by atoms with E-state index in [0.29, 0.717) is 5.92 Å². The predicted octanol–water partition coefficient (Wildman–Crippen LogP) is 10.0. The van der Waals surface area contributed by atoms with Crippen molar-refractivity contribution in [3.8, 4) is 11.1 Å². The zero-order chi connectivity index (χ0) is 27.6. The molecule has 1 unspecified atom stereocenters. The van der Waals surface area contributed by atoms with Gasteiger partial charge in [0, 0.05) is 10.2 Å². The second-order valence-electron chi connectivity index (χ2n) is 10.4. The average molecular weight is 629 g/mol. The first-order chi connectivity index (χ1) is 18.4. The zero-order valence-corrected chi connectivity index (χ0v) is 29.6. The number of benzene rings is 3. The van der Waals surface area contributed by atoms with Crippen LogP contribution in [0.15, 0.2) is 108 Å². The standard InChI is InChI=1S/C12H10.C9H18N.C9H13.C6H7Si.CH3.Zr/c1-3-7-11(8-4-1)12-9-5-2-6-10-12;10-9-7-5-3-1-2-4-6-8-9;1-6-5-7(2)9(4)8(6)3;7-6-4-2-1-3-5-6;;/h1-10H;9-10H,1-8H2;6H,1-4H3;1-5H,7H2;1H3;/q;2*-1;;-1;+3. The second kappa shape index (κ2) is 22.8. The van der Waals surface area contributed by atoms with Gasteiger partial charge in [0.15, 0.2) is 0 Å². The summed E-state index contributed by atoms with van der Waals surface area (Å²) in [6.45, 7) is 8.67. The fourth-order valence-electron chi connectivity index (χ4n) is 4.53. The molecule has 3 heteroatoms. The van der Waals surface area contributed by atoms with E-state index in [-0.39, 0.29) is 39.7 Å². The quantitative estimate of drug-likeness (QED) is 0.189. The van der Waals surface area contributed by atoms with Crippen molar-refractivity contribution < 1.29 is 26.2 Å². The van der Waals surface area contributed by atoms with Crippen LogP contribution in [-0.2, 0) is 26.2 Å². The zero-order valence-electron chi connectivity index (χ0n) is 25.7. The molecule has 2 aliphatic carbocycles. The van der Waals surface area contributed by atoms with E-state index >= 15 is 0 Å². The molecule has 1 N–H and O–H groups in total. The number of hydrogen-bond acceptors (Lipinski definition) is 0. The van der Waals surface area contributed by atoms with Crippen LogP contribution in [0.5, 0.6) is 0 Å². The van der Waals surface area contributed by atoms with E-state index in [9.17, 15) is 0 Å². The molecule has 2 aliphatic rings. The minimum absolute atomic E-state index is 0. The molecule has 1 nitrogen and oxygen atoms in total. The molecule has 2 radical (unpaired) electrons. The molecule has 3 aromatic carbocycles. The Kier molecular flexibility index (Phi) is 21.8. The molecule has 0 bridgehead atoms. The summed E-state index contributed by atoms with van der Waals surface area (Å²) in [5, 5.41) is 1.35. The summed E-state index contributed by atoms with van der Waals surface area (Å²) in [5.74, 6) is 0.560. The average Bonchev–Trinajstić information content (AvgIpc) is 3.24. The van der Waals surface area contributed by atoms with Crippen molar-refractivity contribution in [2.45, 2.75) is 85.1 Å². The number of hydrogen-bond donors (Lipinski definition) is 0. The van der Waals surface area contributed by atoms with Crippen LogP contribution in [-0.4, -0.2) is 16.3 Å². The molecule has 1 saturated carbocycles. The molecular formula is C37H51NSiZr. The Morgan fingerprint density at radius 3 is 1.30 bits per heavy atom. The Hall–Kier alpha value is -1.80. The minimum atomic E-state index is 0. The van der Waals surface area contributed by atoms with E-state index in [1.165, 1.54) is 71.6 Å². The molecule has 0 saturated heterocycles. The number of nitrogens with one attached hydrogen (secondary N) is 1. The van der Waals surface area contributed by atoms with Gasteiger partial charge in [0.2, 0.25) is 0 Å². The van der Waals surface area contributed by atoms with E-state index in [1.54, 1.807) is 0 Å². The third kappa shape index (κ3) is 15.8. The Morgan fingerprint density at radius 2 is 1.02 bits per heavy atom. The largest absolute Gasteiger partial charge is 3.00 e. The summed E-state index contributed by atoms with van der Waals surface area (Å²) in [6, 6.07) is 31.3. The van der Waals surface area contributed by atoms with Gasteiger partial charge in [-0.2, -0.15) is 11.1 Å². The maximum absolute atomic E-state index is 7.61. The Labute approximate surface area is 269 Å². The maximum Gasteiger partial charge on any atom is 3.00 e. The smallest absolute Gasteiger partial charge is 0.675 e. The van der Waals surface area contributed by atoms with E-state index in [1.807, 2.05) is 40.6 Å². The van der Waals surface area contributed by atoms with Crippen LogP contribution in [0.3, 0.4) is 0 Å². The van der Waals surface area contributed by atoms with Crippen LogP contribution in [0.25, 0.3) is 16.9 Å². The second-order valence-corrected chi connectivity index (χ2v) is 11.2. The number of allylic oxidation sites excluding steroid dienone is 4. The van der Waals surface area contributed by atoms with Crippen molar-refractivity contribution in [1.29, 1.82) is 0 Å². The van der Waals surface area contributed by atoms with Crippen molar-refractivity contribution in [2.75, 3.05) is 0 Å². The van der Waals surface area contributed by atoms with Gasteiger partial charge >= 0.3 is 26.2 Å². The monoisotopic (exact) mass is 627 g/mol. The summed E-state index contributed by atoms with van der Waals surface area (Å²) in [4.78, 5) is 0. The Balaban J connectivity index is 0.000000507. The van der Waals surface area contributed by atoms with E-state index < -0.39 is 0 Å². The molecule has 3 aromatic rings. The van der Waals surface area contributed by atoms with E-state index in [0.717, 1.165) is 12.8 Å². The molecule has 0 heterocycles. The molecule has 0 aromatic heterocycles. The van der Waals surface area contributed by atoms with Crippen LogP contribution in [0.1, 0.15) is 79.1 Å². The molecule has 0 amide bonds. The first kappa shape index (κ1) is 38.2. The maximum atomic E-state index is 7.61. The van der Waals surface area contributed by atoms with E-state index in [4.69, 9.17) is 5.73 Å². The van der Waals surface area contributed by atoms with Gasteiger partial charge in [-0.25, -0.2) is 5.57 Å². The van der Waals surface area contributed by atoms with Crippen LogP contribution < -0.4 is 5.19 Å². The third-order valence-corrected chi connectivity index (χ3v) is 7.79. The SMILES string of the molecule is CC1=[C-]C(C)C(C)=C1C.[CH3-].[NH-]C1CCCCCCCC1.[SiH2]c1ccccc1.[Zr+3].c1ccc(-c2ccccc2)cc1. The van der Waals surface area contributed by atoms with Gasteiger partial charge in [0.1, 0.15) is 0 Å². The molecule has 1 fully saturated rings. The van der Waals surface area contributed by atoms with Gasteiger partial charge in [-0.3, -0.25) is 6.08 Å². The molecule has 1 atom stereocenters. The topological polar surface area (TPSA) is 23.8 Å². The van der Waals surface area contributed by atoms with Gasteiger partial charge in [-0.1, -0.05) is 174 Å². The fourth-order valence-corrected chi connectivity index (χ4v) is 4.81. The fraction of sp³-hybridized carbons (Fsp3) is 0.378. The summed E-state index contributed by atoms with van der Waals surface area (Å²) in [7, 11) is 1.90. The molecule has 0 spiro atoms. The Bertz CT molecular complexity index is 1030. The molecule has 212 valence electrons. The predicted molar refractivity (Wildman–Crippen MR) is 178 cm³/mol. The molecule has 0 aliphatic heterocycles. The van der Waals surface area contributed by atoms with Gasteiger partial charge < -0.3 is 13.2 Å². The van der Waals surface area contributed by atoms with Crippen molar-refractivity contribution in [1.82, 2.24) is 0 Å². The third-order valence-electron chi connectivity index (χ3n) is 7.32. The minimum Gasteiger partial charge on any atom is -0.675 e. The molecular weight excluding hydrogens is 578 g/mol. The van der Waals surface area contributed by atoms with Crippen molar-refractivity contribution in [3.63, 3.8) is 0 Å². The summed E-state index contributed by atoms with van der Waals surface area (Å²) < 4.78 is 0. The van der Waals surface area contributed by atoms with Gasteiger partial charge in [-0.15, -0.1) is 13.0 Å². The van der Waals surface area contributed by atoms with Gasteiger partial charge in [0.25, 0.3) is 0 Å². The normalized spacial score (nSPS) is 16.8. The summed E-state index contributed by atoms with van der Waals surface area (Å²) in [6.07, 6.45) is 13.8. The summed E-state index contributed by atoms with van der Waals surface area (Å²) in [5.41, 5.74) is 14.4. The van der Waals surface area contributed by atoms with Gasteiger partial charge in [-0.05, 0) is 11.1 Å². The number of rotatable bonds is 1. The van der Waals surface area contributed by atoms with Crippen LogP contribution in [0.4, 0.5) is 0 Å². The Morgan fingerprint density at radius 1 is 0.650 bits per heavy atom. The molecule has 40 heavy (non-hydrogen) atoms. The van der Waals surface area contributed by atoms with Crippen molar-refractivity contribution in [2.24, 2.45) is 5.92 Å². The first-order valence-electron chi connectivity index (χ1n) is 14.3. The van der Waals surface area contributed by atoms with Crippen LogP contribution in [0.2, 0.25) is 0 Å². The summed E-state index contributed by atoms with van der Waals surface area (Å²) >= 11 is 0. The first-order valence-corrected chi connectivity index (χ1v) is 15.1. The van der Waals surface area contributed by atoms with E-state index in [2.05, 4.69) is 94.4 Å². The van der Waals surface area contributed by atoms with Crippen LogP contribution in [0, 0.1) is 19.4 Å². The van der Waals surface area contributed by atoms with Crippen molar-refractivity contribution in [3.05, 3.63) is 127 Å². The molecule has 5 rings (SSSR count).